The third-order valence-electron chi connectivity index (χ3n) is 5.63. The lowest BCUT2D eigenvalue weighted by Crippen LogP contribution is -2.29. The molecule has 0 spiro atoms. The van der Waals surface area contributed by atoms with E-state index in [4.69, 9.17) is 37.4 Å². The zero-order valence-corrected chi connectivity index (χ0v) is 18.7. The molecule has 1 aromatic heterocycles. The minimum atomic E-state index is -0.534. The molecule has 9 nitrogen and oxygen atoms in total. The number of nitrogens with zero attached hydrogens (tertiary/aromatic N) is 2. The van der Waals surface area contributed by atoms with E-state index >= 15 is 0 Å². The van der Waals surface area contributed by atoms with Crippen LogP contribution in [0.15, 0.2) is 65.8 Å². The lowest BCUT2D eigenvalue weighted by Gasteiger charge is -2.23. The van der Waals surface area contributed by atoms with Gasteiger partial charge in [-0.15, -0.1) is 0 Å². The van der Waals surface area contributed by atoms with E-state index in [2.05, 4.69) is 4.98 Å². The predicted molar refractivity (Wildman–Crippen MR) is 131 cm³/mol. The molecular weight excluding hydrogens is 432 g/mol. The maximum atomic E-state index is 11.5. The van der Waals surface area contributed by atoms with Gasteiger partial charge in [-0.2, -0.15) is 0 Å². The number of carbonyl (C=O) groups excluding carboxylic acids is 1. The molecule has 9 heteroatoms. The molecule has 1 amide bonds. The second-order valence-electron chi connectivity index (χ2n) is 8.26. The molecule has 1 heterocycles. The number of rotatable bonds is 7. The van der Waals surface area contributed by atoms with Crippen LogP contribution in [0.4, 0.5) is 5.82 Å². The van der Waals surface area contributed by atoms with Crippen molar-refractivity contribution in [2.45, 2.75) is 37.8 Å². The summed E-state index contributed by atoms with van der Waals surface area (Å²) in [7, 11) is 0. The fraction of sp³-hybridized carbons (Fsp3) is 0.240. The zero-order chi connectivity index (χ0) is 24.1. The third-order valence-corrected chi connectivity index (χ3v) is 5.63. The number of aromatic nitrogens is 1. The van der Waals surface area contributed by atoms with Crippen molar-refractivity contribution in [3.8, 4) is 23.0 Å². The van der Waals surface area contributed by atoms with Crippen molar-refractivity contribution < 1.29 is 14.3 Å². The van der Waals surface area contributed by atoms with Gasteiger partial charge in [-0.1, -0.05) is 6.07 Å². The second kappa shape index (κ2) is 10.2. The highest BCUT2D eigenvalue weighted by Crippen LogP contribution is 2.32. The molecule has 8 N–H and O–H groups in total. The van der Waals surface area contributed by atoms with Gasteiger partial charge in [-0.05, 0) is 68.1 Å². The fourth-order valence-corrected chi connectivity index (χ4v) is 3.79. The largest absolute Gasteiger partial charge is 0.457 e. The maximum Gasteiger partial charge on any atom is 0.248 e. The van der Waals surface area contributed by atoms with Crippen LogP contribution in [-0.4, -0.2) is 28.8 Å². The lowest BCUT2D eigenvalue weighted by molar-refractivity contribution is 0.1000. The zero-order valence-electron chi connectivity index (χ0n) is 18.7. The van der Waals surface area contributed by atoms with E-state index in [9.17, 15) is 4.79 Å². The first-order valence-electron chi connectivity index (χ1n) is 11.1. The first kappa shape index (κ1) is 23.1. The van der Waals surface area contributed by atoms with E-state index in [1.165, 1.54) is 6.20 Å². The van der Waals surface area contributed by atoms with Crippen LogP contribution in [0.3, 0.4) is 0 Å². The number of primary amides is 1. The number of anilines is 1. The van der Waals surface area contributed by atoms with Gasteiger partial charge in [0, 0.05) is 17.7 Å². The van der Waals surface area contributed by atoms with Crippen molar-refractivity contribution in [1.29, 1.82) is 0 Å². The average Bonchev–Trinajstić information content (AvgIpc) is 2.82. The molecule has 1 saturated carbocycles. The number of nitrogens with two attached hydrogens (primary N) is 4. The molecule has 1 aliphatic rings. The Hall–Kier alpha value is -4.11. The third kappa shape index (κ3) is 5.81. The van der Waals surface area contributed by atoms with Crippen molar-refractivity contribution in [3.63, 3.8) is 0 Å². The molecule has 34 heavy (non-hydrogen) atoms. The van der Waals surface area contributed by atoms with Gasteiger partial charge >= 0.3 is 0 Å². The number of hydrogen-bond donors (Lipinski definition) is 4. The summed E-state index contributed by atoms with van der Waals surface area (Å²) in [5.74, 6) is 2.11. The van der Waals surface area contributed by atoms with Gasteiger partial charge in [-0.25, -0.2) is 4.98 Å². The van der Waals surface area contributed by atoms with Crippen molar-refractivity contribution in [3.05, 3.63) is 71.9 Å². The normalized spacial score (nSPS) is 18.3. The van der Waals surface area contributed by atoms with Gasteiger partial charge in [0.25, 0.3) is 0 Å². The molecule has 1 aliphatic carbocycles. The van der Waals surface area contributed by atoms with E-state index in [0.717, 1.165) is 25.7 Å². The summed E-state index contributed by atoms with van der Waals surface area (Å²) in [4.78, 5) is 20.3. The van der Waals surface area contributed by atoms with Gasteiger partial charge in [0.15, 0.2) is 0 Å². The topological polar surface area (TPSA) is 165 Å². The monoisotopic (exact) mass is 460 g/mol. The Morgan fingerprint density at radius 3 is 2.35 bits per heavy atom. The molecule has 3 aromatic rings. The van der Waals surface area contributed by atoms with Crippen LogP contribution >= 0.6 is 0 Å². The van der Waals surface area contributed by atoms with Crippen molar-refractivity contribution in [2.24, 2.45) is 22.2 Å². The average molecular weight is 461 g/mol. The van der Waals surface area contributed by atoms with Crippen LogP contribution in [0.25, 0.3) is 0 Å². The summed E-state index contributed by atoms with van der Waals surface area (Å²) >= 11 is 0. The fourth-order valence-electron chi connectivity index (χ4n) is 3.79. The van der Waals surface area contributed by atoms with Gasteiger partial charge in [-0.3, -0.25) is 9.79 Å². The number of hydrogen-bond acceptors (Lipinski definition) is 7. The van der Waals surface area contributed by atoms with Gasteiger partial charge in [0.05, 0.1) is 17.8 Å². The van der Waals surface area contributed by atoms with Crippen molar-refractivity contribution in [1.82, 2.24) is 4.98 Å². The summed E-state index contributed by atoms with van der Waals surface area (Å²) in [5.41, 5.74) is 24.5. The first-order chi connectivity index (χ1) is 16.4. The smallest absolute Gasteiger partial charge is 0.248 e. The van der Waals surface area contributed by atoms with E-state index < -0.39 is 5.91 Å². The SMILES string of the molecule is NC(=O)c1cccc(Oc2ccc(C(N)=NC3CCC(N)CC3)c(Oc3ccc(N)nc3)c2)c1. The summed E-state index contributed by atoms with van der Waals surface area (Å²) in [6.07, 6.45) is 5.19. The molecule has 176 valence electrons. The molecule has 0 radical (unpaired) electrons. The molecular formula is C25H28N6O3. The Morgan fingerprint density at radius 2 is 1.65 bits per heavy atom. The summed E-state index contributed by atoms with van der Waals surface area (Å²) in [6.45, 7) is 0. The number of amidine groups is 1. The van der Waals surface area contributed by atoms with Crippen LogP contribution in [0.1, 0.15) is 41.6 Å². The van der Waals surface area contributed by atoms with Crippen molar-refractivity contribution >= 4 is 17.6 Å². The molecule has 2 aromatic carbocycles. The van der Waals surface area contributed by atoms with Crippen LogP contribution < -0.4 is 32.4 Å². The Morgan fingerprint density at radius 1 is 0.912 bits per heavy atom. The number of benzene rings is 2. The molecule has 4 rings (SSSR count). The number of amides is 1. The van der Waals surface area contributed by atoms with Gasteiger partial charge < -0.3 is 32.4 Å². The first-order valence-corrected chi connectivity index (χ1v) is 11.1. The summed E-state index contributed by atoms with van der Waals surface area (Å²) < 4.78 is 12.0. The quantitative estimate of drug-likeness (QED) is 0.310. The highest BCUT2D eigenvalue weighted by molar-refractivity contribution is 6.00. The minimum absolute atomic E-state index is 0.123. The van der Waals surface area contributed by atoms with E-state index in [0.29, 0.717) is 45.8 Å². The van der Waals surface area contributed by atoms with Crippen LogP contribution in [0.2, 0.25) is 0 Å². The number of pyridine rings is 1. The Balaban J connectivity index is 1.64. The number of carbonyl (C=O) groups is 1. The van der Waals surface area contributed by atoms with Gasteiger partial charge in [0.1, 0.15) is 34.7 Å². The minimum Gasteiger partial charge on any atom is -0.457 e. The number of ether oxygens (including phenoxy) is 2. The highest BCUT2D eigenvalue weighted by Gasteiger charge is 2.19. The predicted octanol–water partition coefficient (Wildman–Crippen LogP) is 3.32. The summed E-state index contributed by atoms with van der Waals surface area (Å²) in [5, 5.41) is 0. The maximum absolute atomic E-state index is 11.5. The Bertz CT molecular complexity index is 1190. The van der Waals surface area contributed by atoms with Crippen molar-refractivity contribution in [2.75, 3.05) is 5.73 Å². The van der Waals surface area contributed by atoms with Crippen LogP contribution in [0.5, 0.6) is 23.0 Å². The molecule has 0 bridgehead atoms. The lowest BCUT2D eigenvalue weighted by atomic mass is 9.92. The second-order valence-corrected chi connectivity index (χ2v) is 8.26. The molecule has 0 atom stereocenters. The Kier molecular flexibility index (Phi) is 6.93. The molecule has 0 aliphatic heterocycles. The summed E-state index contributed by atoms with van der Waals surface area (Å²) in [6, 6.07) is 15.6. The van der Waals surface area contributed by atoms with Gasteiger partial charge in [0.2, 0.25) is 5.91 Å². The molecule has 0 saturated heterocycles. The number of nitrogen functional groups attached to an aromatic ring is 1. The standard InChI is InChI=1S/C25H28N6O3/c26-16-4-6-17(7-5-16)31-24(28)21-10-8-19(33-18-3-1-2-15(12-18)25(29)32)13-22(21)34-20-9-11-23(27)30-14-20/h1-3,8-14,16-17H,4-7,26H2,(H2,27,30)(H2,28,31)(H2,29,32). The van der Waals surface area contributed by atoms with Crippen LogP contribution in [0, 0.1) is 0 Å². The van der Waals surface area contributed by atoms with Crippen LogP contribution in [-0.2, 0) is 0 Å². The van der Waals surface area contributed by atoms with E-state index in [1.54, 1.807) is 54.6 Å². The van der Waals surface area contributed by atoms with E-state index in [-0.39, 0.29) is 12.1 Å². The highest BCUT2D eigenvalue weighted by atomic mass is 16.5. The number of aliphatic imine (C=N–C) groups is 1. The Labute approximate surface area is 197 Å². The van der Waals surface area contributed by atoms with E-state index in [1.807, 2.05) is 0 Å². The molecule has 0 unspecified atom stereocenters. The molecule has 1 fully saturated rings.